The molecule has 104 valence electrons. The number of rotatable bonds is 0. The lowest BCUT2D eigenvalue weighted by molar-refractivity contribution is 0.0544. The van der Waals surface area contributed by atoms with Crippen LogP contribution in [0.15, 0.2) is 18.2 Å². The van der Waals surface area contributed by atoms with E-state index in [9.17, 15) is 0 Å². The molecule has 1 nitrogen and oxygen atoms in total. The minimum Gasteiger partial charge on any atom is -0.325 e. The maximum atomic E-state index is 6.69. The van der Waals surface area contributed by atoms with Gasteiger partial charge in [-0.1, -0.05) is 24.6 Å². The van der Waals surface area contributed by atoms with Crippen LogP contribution in [0.25, 0.3) is 0 Å². The van der Waals surface area contributed by atoms with Crippen molar-refractivity contribution in [2.45, 2.75) is 56.4 Å². The Morgan fingerprint density at radius 3 is 2.37 bits per heavy atom. The van der Waals surface area contributed by atoms with Gasteiger partial charge in [0.2, 0.25) is 0 Å². The third-order valence-electron chi connectivity index (χ3n) is 5.49. The van der Waals surface area contributed by atoms with Crippen LogP contribution in [0.5, 0.6) is 0 Å². The van der Waals surface area contributed by atoms with Gasteiger partial charge in [0.15, 0.2) is 0 Å². The average Bonchev–Trinajstić information content (AvgIpc) is 2.36. The Bertz CT molecular complexity index is 509. The van der Waals surface area contributed by atoms with Crippen molar-refractivity contribution in [2.75, 3.05) is 0 Å². The molecule has 4 unspecified atom stereocenters. The van der Waals surface area contributed by atoms with Crippen molar-refractivity contribution in [3.05, 3.63) is 34.3 Å². The molecular formula is C16H21Cl2N. The lowest BCUT2D eigenvalue weighted by atomic mass is 9.56. The van der Waals surface area contributed by atoms with Gasteiger partial charge in [0.1, 0.15) is 0 Å². The molecule has 0 heterocycles. The Labute approximate surface area is 126 Å². The van der Waals surface area contributed by atoms with Crippen LogP contribution < -0.4 is 5.73 Å². The first-order valence-corrected chi connectivity index (χ1v) is 7.43. The summed E-state index contributed by atoms with van der Waals surface area (Å²) in [7, 11) is 0. The standard InChI is InChI=1S/C16H20ClN.ClH/c1-15-5-10-7-16(18,9-15)8-11(6-15)14-4-12(17)2-3-13(10)14;/h2-4,10-11H,5-9,18H2,1H3;1H. The largest absolute Gasteiger partial charge is 0.325 e. The molecule has 4 bridgehead atoms. The summed E-state index contributed by atoms with van der Waals surface area (Å²) >= 11 is 6.21. The van der Waals surface area contributed by atoms with Gasteiger partial charge in [-0.15, -0.1) is 12.4 Å². The first-order valence-electron chi connectivity index (χ1n) is 7.05. The maximum Gasteiger partial charge on any atom is 0.0409 e. The van der Waals surface area contributed by atoms with Crippen molar-refractivity contribution >= 4 is 24.0 Å². The van der Waals surface area contributed by atoms with Crippen LogP contribution in [0.2, 0.25) is 5.02 Å². The molecule has 2 N–H and O–H groups in total. The van der Waals surface area contributed by atoms with Crippen molar-refractivity contribution in [3.63, 3.8) is 0 Å². The minimum absolute atomic E-state index is 0. The van der Waals surface area contributed by atoms with E-state index in [1.165, 1.54) is 31.2 Å². The topological polar surface area (TPSA) is 26.0 Å². The van der Waals surface area contributed by atoms with Gasteiger partial charge in [-0.3, -0.25) is 0 Å². The fourth-order valence-corrected chi connectivity index (χ4v) is 5.51. The summed E-state index contributed by atoms with van der Waals surface area (Å²) in [6, 6.07) is 6.52. The summed E-state index contributed by atoms with van der Waals surface area (Å²) in [5.41, 5.74) is 10.3. The monoisotopic (exact) mass is 297 g/mol. The second-order valence-electron chi connectivity index (χ2n) is 7.33. The molecule has 4 aliphatic carbocycles. The predicted octanol–water partition coefficient (Wildman–Crippen LogP) is 4.62. The third kappa shape index (κ3) is 2.02. The zero-order valence-electron chi connectivity index (χ0n) is 11.3. The molecule has 4 atom stereocenters. The highest BCUT2D eigenvalue weighted by Crippen LogP contribution is 2.62. The molecular weight excluding hydrogens is 277 g/mol. The molecule has 0 aromatic heterocycles. The smallest absolute Gasteiger partial charge is 0.0409 e. The van der Waals surface area contributed by atoms with Crippen LogP contribution in [0, 0.1) is 5.41 Å². The van der Waals surface area contributed by atoms with Crippen molar-refractivity contribution in [3.8, 4) is 0 Å². The van der Waals surface area contributed by atoms with Crippen molar-refractivity contribution in [2.24, 2.45) is 11.1 Å². The van der Waals surface area contributed by atoms with E-state index in [1.807, 2.05) is 0 Å². The highest BCUT2D eigenvalue weighted by Gasteiger charge is 2.53. The lowest BCUT2D eigenvalue weighted by Crippen LogP contribution is -2.52. The molecule has 0 saturated heterocycles. The van der Waals surface area contributed by atoms with Gasteiger partial charge in [-0.2, -0.15) is 0 Å². The number of halogens is 2. The molecule has 0 spiro atoms. The summed E-state index contributed by atoms with van der Waals surface area (Å²) in [5.74, 6) is 1.29. The van der Waals surface area contributed by atoms with Crippen LogP contribution in [-0.4, -0.2) is 5.54 Å². The van der Waals surface area contributed by atoms with E-state index >= 15 is 0 Å². The molecule has 0 amide bonds. The highest BCUT2D eigenvalue weighted by molar-refractivity contribution is 6.30. The number of hydrogen-bond acceptors (Lipinski definition) is 1. The fourth-order valence-electron chi connectivity index (χ4n) is 5.33. The van der Waals surface area contributed by atoms with E-state index in [1.54, 1.807) is 5.56 Å². The Morgan fingerprint density at radius 1 is 1.11 bits per heavy atom. The van der Waals surface area contributed by atoms with Gasteiger partial charge in [0.25, 0.3) is 0 Å². The highest BCUT2D eigenvalue weighted by atomic mass is 35.5. The van der Waals surface area contributed by atoms with Gasteiger partial charge >= 0.3 is 0 Å². The van der Waals surface area contributed by atoms with Crippen LogP contribution in [-0.2, 0) is 0 Å². The first kappa shape index (κ1) is 13.7. The Morgan fingerprint density at radius 2 is 1.74 bits per heavy atom. The summed E-state index contributed by atoms with van der Waals surface area (Å²) in [6.45, 7) is 2.44. The van der Waals surface area contributed by atoms with Crippen molar-refractivity contribution in [1.82, 2.24) is 0 Å². The second-order valence-corrected chi connectivity index (χ2v) is 7.77. The van der Waals surface area contributed by atoms with Gasteiger partial charge in [0, 0.05) is 10.6 Å². The van der Waals surface area contributed by atoms with Gasteiger partial charge in [-0.05, 0) is 72.6 Å². The van der Waals surface area contributed by atoms with Gasteiger partial charge in [-0.25, -0.2) is 0 Å². The number of benzene rings is 1. The number of nitrogens with two attached hydrogens (primary N) is 1. The van der Waals surface area contributed by atoms with E-state index < -0.39 is 0 Å². The maximum absolute atomic E-state index is 6.69. The van der Waals surface area contributed by atoms with E-state index in [0.29, 0.717) is 17.3 Å². The summed E-state index contributed by atoms with van der Waals surface area (Å²) in [5, 5.41) is 0.881. The van der Waals surface area contributed by atoms with Crippen LogP contribution in [0.1, 0.15) is 62.0 Å². The van der Waals surface area contributed by atoms with E-state index in [0.717, 1.165) is 11.4 Å². The fraction of sp³-hybridized carbons (Fsp3) is 0.625. The molecule has 4 aliphatic rings. The first-order chi connectivity index (χ1) is 8.46. The Balaban J connectivity index is 0.00000110. The minimum atomic E-state index is 0. The van der Waals surface area contributed by atoms with E-state index in [2.05, 4.69) is 25.1 Å². The predicted molar refractivity (Wildman–Crippen MR) is 82.3 cm³/mol. The molecule has 1 aromatic rings. The summed E-state index contributed by atoms with van der Waals surface area (Å²) < 4.78 is 0. The summed E-state index contributed by atoms with van der Waals surface area (Å²) in [4.78, 5) is 0. The normalized spacial score (nSPS) is 42.5. The van der Waals surface area contributed by atoms with Crippen LogP contribution in [0.3, 0.4) is 0 Å². The van der Waals surface area contributed by atoms with Crippen molar-refractivity contribution in [1.29, 1.82) is 0 Å². The van der Waals surface area contributed by atoms with E-state index in [-0.39, 0.29) is 17.9 Å². The zero-order chi connectivity index (χ0) is 12.5. The van der Waals surface area contributed by atoms with Crippen molar-refractivity contribution < 1.29 is 0 Å². The molecule has 0 aliphatic heterocycles. The molecule has 1 aromatic carbocycles. The molecule has 19 heavy (non-hydrogen) atoms. The number of hydrogen-bond donors (Lipinski definition) is 1. The lowest BCUT2D eigenvalue weighted by Gasteiger charge is -2.52. The van der Waals surface area contributed by atoms with Crippen LogP contribution in [0.4, 0.5) is 0 Å². The molecule has 3 heteroatoms. The molecule has 0 radical (unpaired) electrons. The molecule has 5 rings (SSSR count). The Hall–Kier alpha value is -0.240. The van der Waals surface area contributed by atoms with Gasteiger partial charge in [0.05, 0.1) is 0 Å². The quantitative estimate of drug-likeness (QED) is 0.743. The van der Waals surface area contributed by atoms with Gasteiger partial charge < -0.3 is 5.73 Å². The van der Waals surface area contributed by atoms with Crippen LogP contribution >= 0.6 is 24.0 Å². The third-order valence-corrected chi connectivity index (χ3v) is 5.73. The Kier molecular flexibility index (Phi) is 2.98. The second kappa shape index (κ2) is 4.13. The molecule has 2 fully saturated rings. The molecule has 2 saturated carbocycles. The summed E-state index contributed by atoms with van der Waals surface area (Å²) in [6.07, 6.45) is 6.17. The van der Waals surface area contributed by atoms with E-state index in [4.69, 9.17) is 17.3 Å². The zero-order valence-corrected chi connectivity index (χ0v) is 12.9. The average molecular weight is 298 g/mol. The SMILES string of the molecule is CC12CC3CC(N)(CC(C1)c1cc(Cl)ccc13)C2.Cl.